The molecule has 1 aliphatic rings. The number of nitrogens with one attached hydrogen (secondary N) is 1. The molecule has 0 aromatic carbocycles. The zero-order valence-corrected chi connectivity index (χ0v) is 9.65. The van der Waals surface area contributed by atoms with Gasteiger partial charge in [0.05, 0.1) is 0 Å². The van der Waals surface area contributed by atoms with Crippen LogP contribution in [-0.4, -0.2) is 13.3 Å². The maximum atomic E-state index is 5.64. The molecular formula is C11H25BN2. The molecule has 0 radical (unpaired) electrons. The molecule has 0 aromatic heterocycles. The van der Waals surface area contributed by atoms with Gasteiger partial charge in [-0.15, -0.1) is 0 Å². The molecule has 1 aliphatic carbocycles. The lowest BCUT2D eigenvalue weighted by atomic mass is 9.71. The third kappa shape index (κ3) is 4.47. The summed E-state index contributed by atoms with van der Waals surface area (Å²) in [6.07, 6.45) is 13.6. The first-order valence-electron chi connectivity index (χ1n) is 6.25. The molecule has 0 saturated heterocycles. The molecule has 1 saturated carbocycles. The number of nitrogens with two attached hydrogens (primary N) is 1. The fourth-order valence-corrected chi connectivity index (χ4v) is 2.36. The molecule has 0 bridgehead atoms. The van der Waals surface area contributed by atoms with Crippen molar-refractivity contribution in [2.45, 2.75) is 69.6 Å². The molecule has 0 heterocycles. The lowest BCUT2D eigenvalue weighted by Crippen LogP contribution is -2.49. The van der Waals surface area contributed by atoms with Crippen LogP contribution in [0.5, 0.6) is 0 Å². The summed E-state index contributed by atoms with van der Waals surface area (Å²) in [6, 6.07) is 0. The molecule has 3 heteroatoms. The molecule has 0 unspecified atom stereocenters. The molecular weight excluding hydrogens is 171 g/mol. The van der Waals surface area contributed by atoms with E-state index in [9.17, 15) is 0 Å². The lowest BCUT2D eigenvalue weighted by molar-refractivity contribution is 0.379. The van der Waals surface area contributed by atoms with Crippen LogP contribution in [0, 0.1) is 0 Å². The molecule has 0 aliphatic heterocycles. The van der Waals surface area contributed by atoms with Gasteiger partial charge in [0.15, 0.2) is 0 Å². The summed E-state index contributed by atoms with van der Waals surface area (Å²) in [7, 11) is 2.27. The van der Waals surface area contributed by atoms with E-state index in [0.717, 1.165) is 0 Å². The van der Waals surface area contributed by atoms with Crippen molar-refractivity contribution in [2.24, 2.45) is 5.84 Å². The van der Waals surface area contributed by atoms with E-state index in [0.29, 0.717) is 0 Å². The second kappa shape index (κ2) is 6.47. The van der Waals surface area contributed by atoms with E-state index >= 15 is 0 Å². The van der Waals surface area contributed by atoms with Crippen molar-refractivity contribution in [2.75, 3.05) is 0 Å². The molecule has 0 aromatic rings. The topological polar surface area (TPSA) is 38.0 Å². The summed E-state index contributed by atoms with van der Waals surface area (Å²) in [6.45, 7) is 0. The van der Waals surface area contributed by atoms with Gasteiger partial charge in [0.25, 0.3) is 0 Å². The Hall–Kier alpha value is -0.0151. The minimum atomic E-state index is 0.199. The van der Waals surface area contributed by atoms with Gasteiger partial charge in [-0.05, 0) is 12.8 Å². The molecule has 1 rings (SSSR count). The zero-order valence-electron chi connectivity index (χ0n) is 9.65. The maximum absolute atomic E-state index is 5.64. The van der Waals surface area contributed by atoms with Gasteiger partial charge in [0, 0.05) is 5.44 Å². The summed E-state index contributed by atoms with van der Waals surface area (Å²) in [5.74, 6) is 5.64. The number of hydrogen-bond donors (Lipinski definition) is 2. The second-order valence-corrected chi connectivity index (χ2v) is 5.03. The first kappa shape index (κ1) is 12.1. The molecule has 0 spiro atoms. The predicted octanol–water partition coefficient (Wildman–Crippen LogP) is 1.69. The monoisotopic (exact) mass is 196 g/mol. The summed E-state index contributed by atoms with van der Waals surface area (Å²) < 4.78 is 0. The highest BCUT2D eigenvalue weighted by molar-refractivity contribution is 6.15. The number of hydrazine groups is 1. The van der Waals surface area contributed by atoms with Crippen LogP contribution in [-0.2, 0) is 0 Å². The van der Waals surface area contributed by atoms with Crippen molar-refractivity contribution in [1.29, 1.82) is 0 Å². The van der Waals surface area contributed by atoms with E-state index in [2.05, 4.69) is 13.3 Å². The van der Waals surface area contributed by atoms with Crippen LogP contribution >= 0.6 is 0 Å². The van der Waals surface area contributed by atoms with Gasteiger partial charge in [0.2, 0.25) is 0 Å². The summed E-state index contributed by atoms with van der Waals surface area (Å²) in [5, 5.41) is 0. The minimum absolute atomic E-state index is 0.199. The Balaban J connectivity index is 2.35. The Morgan fingerprint density at radius 1 is 0.786 bits per heavy atom. The van der Waals surface area contributed by atoms with Gasteiger partial charge in [-0.3, -0.25) is 11.3 Å². The summed E-state index contributed by atoms with van der Waals surface area (Å²) in [4.78, 5) is 0. The van der Waals surface area contributed by atoms with Crippen LogP contribution in [0.15, 0.2) is 0 Å². The third-order valence-electron chi connectivity index (χ3n) is 3.56. The van der Waals surface area contributed by atoms with Crippen molar-refractivity contribution < 1.29 is 0 Å². The van der Waals surface area contributed by atoms with Crippen LogP contribution in [0.3, 0.4) is 0 Å². The van der Waals surface area contributed by atoms with Crippen LogP contribution < -0.4 is 11.3 Å². The van der Waals surface area contributed by atoms with Crippen molar-refractivity contribution in [3.63, 3.8) is 0 Å². The first-order chi connectivity index (χ1) is 6.77. The van der Waals surface area contributed by atoms with Crippen molar-refractivity contribution in [3.05, 3.63) is 0 Å². The standard InChI is InChI=1S/C11H25BN2/c12-11(14-13)9-7-5-3-1-2-4-6-8-10-11/h14H,1-10,12-13H2. The fraction of sp³-hybridized carbons (Fsp3) is 1.00. The summed E-state index contributed by atoms with van der Waals surface area (Å²) in [5.41, 5.74) is 3.22. The average molecular weight is 196 g/mol. The zero-order chi connectivity index (χ0) is 10.3. The van der Waals surface area contributed by atoms with Gasteiger partial charge in [-0.25, -0.2) is 0 Å². The Bertz CT molecular complexity index is 138. The Morgan fingerprint density at radius 3 is 1.50 bits per heavy atom. The SMILES string of the molecule is BC1(NN)CCCCCCCCCC1. The molecule has 3 N–H and O–H groups in total. The Morgan fingerprint density at radius 2 is 1.14 bits per heavy atom. The molecule has 0 atom stereocenters. The van der Waals surface area contributed by atoms with Crippen LogP contribution in [0.4, 0.5) is 0 Å². The highest BCUT2D eigenvalue weighted by atomic mass is 15.2. The third-order valence-corrected chi connectivity index (χ3v) is 3.56. The molecule has 82 valence electrons. The smallest absolute Gasteiger partial charge is 0.129 e. The van der Waals surface area contributed by atoms with Crippen LogP contribution in [0.25, 0.3) is 0 Å². The Kier molecular flexibility index (Phi) is 5.57. The molecule has 2 nitrogen and oxygen atoms in total. The van der Waals surface area contributed by atoms with Gasteiger partial charge >= 0.3 is 0 Å². The molecule has 1 fully saturated rings. The van der Waals surface area contributed by atoms with E-state index in [1.807, 2.05) is 0 Å². The van der Waals surface area contributed by atoms with Crippen molar-refractivity contribution in [3.8, 4) is 0 Å². The molecule has 0 amide bonds. The normalized spacial score (nSPS) is 25.2. The average Bonchev–Trinajstić information content (AvgIpc) is 2.24. The second-order valence-electron chi connectivity index (χ2n) is 5.03. The quantitative estimate of drug-likeness (QED) is 0.380. The van der Waals surface area contributed by atoms with Crippen LogP contribution in [0.1, 0.15) is 64.2 Å². The van der Waals surface area contributed by atoms with Crippen molar-refractivity contribution >= 4 is 7.85 Å². The van der Waals surface area contributed by atoms with E-state index in [1.54, 1.807) is 0 Å². The maximum Gasteiger partial charge on any atom is 0.129 e. The number of hydrogen-bond acceptors (Lipinski definition) is 2. The van der Waals surface area contributed by atoms with E-state index in [4.69, 9.17) is 5.84 Å². The Labute approximate surface area is 89.4 Å². The van der Waals surface area contributed by atoms with E-state index in [-0.39, 0.29) is 5.44 Å². The summed E-state index contributed by atoms with van der Waals surface area (Å²) >= 11 is 0. The van der Waals surface area contributed by atoms with Gasteiger partial charge in [0.1, 0.15) is 7.85 Å². The highest BCUT2D eigenvalue weighted by Crippen LogP contribution is 2.21. The van der Waals surface area contributed by atoms with Crippen molar-refractivity contribution in [1.82, 2.24) is 5.43 Å². The van der Waals surface area contributed by atoms with Gasteiger partial charge in [-0.1, -0.05) is 51.4 Å². The minimum Gasteiger partial charge on any atom is -0.272 e. The lowest BCUT2D eigenvalue weighted by Gasteiger charge is -2.29. The van der Waals surface area contributed by atoms with Crippen LogP contribution in [0.2, 0.25) is 0 Å². The van der Waals surface area contributed by atoms with Gasteiger partial charge in [-0.2, -0.15) is 0 Å². The first-order valence-corrected chi connectivity index (χ1v) is 6.25. The molecule has 14 heavy (non-hydrogen) atoms. The predicted molar refractivity (Wildman–Crippen MR) is 64.8 cm³/mol. The largest absolute Gasteiger partial charge is 0.272 e. The van der Waals surface area contributed by atoms with Gasteiger partial charge < -0.3 is 0 Å². The number of rotatable bonds is 1. The fourth-order valence-electron chi connectivity index (χ4n) is 2.36. The van der Waals surface area contributed by atoms with E-state index < -0.39 is 0 Å². The highest BCUT2D eigenvalue weighted by Gasteiger charge is 2.21. The van der Waals surface area contributed by atoms with E-state index in [1.165, 1.54) is 64.2 Å².